The van der Waals surface area contributed by atoms with E-state index in [1.165, 1.54) is 0 Å². The van der Waals surface area contributed by atoms with Crippen LogP contribution in [0.1, 0.15) is 16.8 Å². The predicted molar refractivity (Wildman–Crippen MR) is 123 cm³/mol. The first kappa shape index (κ1) is 19.3. The Hall–Kier alpha value is -3.67. The number of amides is 1. The number of aryl methyl sites for hydroxylation is 1. The lowest BCUT2D eigenvalue weighted by molar-refractivity contribution is 0.0769. The zero-order valence-electron chi connectivity index (χ0n) is 17.6. The second-order valence-corrected chi connectivity index (χ2v) is 7.86. The first-order valence-electron chi connectivity index (χ1n) is 10.7. The fourth-order valence-corrected chi connectivity index (χ4v) is 4.51. The van der Waals surface area contributed by atoms with Gasteiger partial charge >= 0.3 is 0 Å². The average Bonchev–Trinajstić information content (AvgIpc) is 2.96. The van der Waals surface area contributed by atoms with Crippen molar-refractivity contribution in [2.45, 2.75) is 6.42 Å². The van der Waals surface area contributed by atoms with Crippen LogP contribution in [0.2, 0.25) is 0 Å². The monoisotopic (exact) mass is 411 g/mol. The Kier molecular flexibility index (Phi) is 5.12. The van der Waals surface area contributed by atoms with Crippen molar-refractivity contribution < 1.29 is 4.79 Å². The third-order valence-electron chi connectivity index (χ3n) is 6.03. The lowest BCUT2D eigenvalue weighted by Crippen LogP contribution is -2.35. The Morgan fingerprint density at radius 3 is 2.48 bits per heavy atom. The number of aromatic nitrogens is 3. The van der Waals surface area contributed by atoms with Crippen molar-refractivity contribution in [3.05, 3.63) is 78.8 Å². The van der Waals surface area contributed by atoms with E-state index < -0.39 is 0 Å². The molecule has 0 unspecified atom stereocenters. The molecule has 156 valence electrons. The summed E-state index contributed by atoms with van der Waals surface area (Å²) in [5.41, 5.74) is 3.78. The van der Waals surface area contributed by atoms with Gasteiger partial charge in [0.1, 0.15) is 5.82 Å². The number of pyridine rings is 2. The molecule has 3 aromatic heterocycles. The number of carbonyl (C=O) groups is 1. The van der Waals surface area contributed by atoms with Crippen molar-refractivity contribution in [3.63, 3.8) is 0 Å². The van der Waals surface area contributed by atoms with Crippen LogP contribution in [0, 0.1) is 0 Å². The number of carbonyl (C=O) groups excluding carboxylic acids is 1. The Morgan fingerprint density at radius 1 is 0.871 bits per heavy atom. The molecule has 1 fully saturated rings. The first-order valence-corrected chi connectivity index (χ1v) is 10.7. The third kappa shape index (κ3) is 3.54. The molecule has 1 saturated heterocycles. The molecule has 6 heteroatoms. The molecule has 0 N–H and O–H groups in total. The second-order valence-electron chi connectivity index (χ2n) is 7.86. The second kappa shape index (κ2) is 8.22. The first-order chi connectivity index (χ1) is 15.2. The van der Waals surface area contributed by atoms with E-state index in [0.717, 1.165) is 59.6 Å². The van der Waals surface area contributed by atoms with E-state index >= 15 is 0 Å². The van der Waals surface area contributed by atoms with Gasteiger partial charge in [0.2, 0.25) is 0 Å². The highest BCUT2D eigenvalue weighted by Gasteiger charge is 2.27. The van der Waals surface area contributed by atoms with Gasteiger partial charge in [0.05, 0.1) is 11.3 Å². The van der Waals surface area contributed by atoms with E-state index in [9.17, 15) is 4.79 Å². The molecule has 31 heavy (non-hydrogen) atoms. The van der Waals surface area contributed by atoms with Gasteiger partial charge < -0.3 is 14.4 Å². The molecular weight excluding hydrogens is 386 g/mol. The van der Waals surface area contributed by atoms with Crippen molar-refractivity contribution in [1.82, 2.24) is 19.4 Å². The van der Waals surface area contributed by atoms with Crippen LogP contribution < -0.4 is 4.90 Å². The zero-order chi connectivity index (χ0) is 21.2. The smallest absolute Gasteiger partial charge is 0.256 e. The van der Waals surface area contributed by atoms with Crippen LogP contribution in [0.4, 0.5) is 5.82 Å². The molecule has 4 heterocycles. The van der Waals surface area contributed by atoms with Crippen LogP contribution in [0.5, 0.6) is 0 Å². The number of rotatable bonds is 3. The van der Waals surface area contributed by atoms with Gasteiger partial charge in [-0.05, 0) is 36.8 Å². The Morgan fingerprint density at radius 2 is 1.68 bits per heavy atom. The van der Waals surface area contributed by atoms with Crippen LogP contribution in [0.3, 0.4) is 0 Å². The fourth-order valence-electron chi connectivity index (χ4n) is 4.51. The van der Waals surface area contributed by atoms with E-state index in [-0.39, 0.29) is 5.91 Å². The normalized spacial score (nSPS) is 14.6. The molecule has 0 atom stereocenters. The number of hydrogen-bond donors (Lipinski definition) is 0. The van der Waals surface area contributed by atoms with Crippen LogP contribution in [0.25, 0.3) is 22.2 Å². The molecule has 1 aliphatic rings. The lowest BCUT2D eigenvalue weighted by Gasteiger charge is -2.23. The Bertz CT molecular complexity index is 1200. The maximum atomic E-state index is 13.9. The molecule has 0 spiro atoms. The van der Waals surface area contributed by atoms with Crippen LogP contribution in [-0.4, -0.2) is 51.5 Å². The molecule has 0 aliphatic carbocycles. The molecular formula is C25H25N5O. The predicted octanol–water partition coefficient (Wildman–Crippen LogP) is 3.99. The van der Waals surface area contributed by atoms with Crippen LogP contribution >= 0.6 is 0 Å². The number of benzene rings is 1. The summed E-state index contributed by atoms with van der Waals surface area (Å²) >= 11 is 0. The molecule has 1 aromatic carbocycles. The van der Waals surface area contributed by atoms with Gasteiger partial charge in [0.15, 0.2) is 0 Å². The lowest BCUT2D eigenvalue weighted by atomic mass is 10.0. The minimum atomic E-state index is 0.0893. The standard InChI is InChI=1S/C25H25N5O/c1-28-21-8-3-2-7-20(21)23(24(28)19-10-13-26-14-11-19)25(31)30-16-6-15-29(17-18-30)22-9-4-5-12-27-22/h2-5,7-14H,6,15-18H2,1H3. The molecule has 1 amide bonds. The SMILES string of the molecule is Cn1c(-c2ccncc2)c(C(=O)N2CCCN(c3ccccn3)CC2)c2ccccc21. The maximum Gasteiger partial charge on any atom is 0.256 e. The summed E-state index contributed by atoms with van der Waals surface area (Å²) < 4.78 is 2.12. The van der Waals surface area contributed by atoms with Crippen LogP contribution in [-0.2, 0) is 7.05 Å². The molecule has 0 bridgehead atoms. The number of anilines is 1. The van der Waals surface area contributed by atoms with Gasteiger partial charge in [0, 0.05) is 68.3 Å². The zero-order valence-corrected chi connectivity index (χ0v) is 17.6. The molecule has 5 rings (SSSR count). The van der Waals surface area contributed by atoms with E-state index in [4.69, 9.17) is 0 Å². The highest BCUT2D eigenvalue weighted by Crippen LogP contribution is 2.34. The quantitative estimate of drug-likeness (QED) is 0.512. The van der Waals surface area contributed by atoms with Gasteiger partial charge in [0.25, 0.3) is 5.91 Å². The molecule has 0 saturated carbocycles. The molecule has 6 nitrogen and oxygen atoms in total. The van der Waals surface area contributed by atoms with Gasteiger partial charge in [-0.2, -0.15) is 0 Å². The van der Waals surface area contributed by atoms with Crippen molar-refractivity contribution in [3.8, 4) is 11.3 Å². The van der Waals surface area contributed by atoms with Gasteiger partial charge in [-0.25, -0.2) is 4.98 Å². The highest BCUT2D eigenvalue weighted by atomic mass is 16.2. The summed E-state index contributed by atoms with van der Waals surface area (Å²) in [7, 11) is 2.03. The minimum Gasteiger partial charge on any atom is -0.355 e. The van der Waals surface area contributed by atoms with E-state index in [0.29, 0.717) is 6.54 Å². The van der Waals surface area contributed by atoms with Crippen molar-refractivity contribution in [1.29, 1.82) is 0 Å². The van der Waals surface area contributed by atoms with Crippen molar-refractivity contribution in [2.75, 3.05) is 31.1 Å². The highest BCUT2D eigenvalue weighted by molar-refractivity contribution is 6.12. The summed E-state index contributed by atoms with van der Waals surface area (Å²) in [5.74, 6) is 1.06. The van der Waals surface area contributed by atoms with Crippen LogP contribution in [0.15, 0.2) is 73.2 Å². The Labute approximate surface area is 181 Å². The summed E-state index contributed by atoms with van der Waals surface area (Å²) in [6, 6.07) is 18.0. The topological polar surface area (TPSA) is 54.3 Å². The summed E-state index contributed by atoms with van der Waals surface area (Å²) in [6.45, 7) is 3.08. The number of para-hydroxylation sites is 1. The largest absolute Gasteiger partial charge is 0.355 e. The fraction of sp³-hybridized carbons (Fsp3) is 0.240. The van der Waals surface area contributed by atoms with E-state index in [1.54, 1.807) is 12.4 Å². The molecule has 4 aromatic rings. The minimum absolute atomic E-state index is 0.0893. The van der Waals surface area contributed by atoms with E-state index in [2.05, 4.69) is 25.5 Å². The number of nitrogens with zero attached hydrogens (tertiary/aromatic N) is 5. The Balaban J connectivity index is 1.51. The summed E-state index contributed by atoms with van der Waals surface area (Å²) in [5, 5.41) is 0.993. The molecule has 1 aliphatic heterocycles. The van der Waals surface area contributed by atoms with Gasteiger partial charge in [-0.1, -0.05) is 24.3 Å². The number of hydrogen-bond acceptors (Lipinski definition) is 4. The van der Waals surface area contributed by atoms with Gasteiger partial charge in [-0.3, -0.25) is 9.78 Å². The van der Waals surface area contributed by atoms with E-state index in [1.807, 2.05) is 66.7 Å². The molecule has 0 radical (unpaired) electrons. The maximum absolute atomic E-state index is 13.9. The van der Waals surface area contributed by atoms with Gasteiger partial charge in [-0.15, -0.1) is 0 Å². The van der Waals surface area contributed by atoms with Crippen molar-refractivity contribution >= 4 is 22.6 Å². The average molecular weight is 412 g/mol. The third-order valence-corrected chi connectivity index (χ3v) is 6.03. The summed E-state index contributed by atoms with van der Waals surface area (Å²) in [4.78, 5) is 26.8. The van der Waals surface area contributed by atoms with Crippen molar-refractivity contribution in [2.24, 2.45) is 7.05 Å². The summed E-state index contributed by atoms with van der Waals surface area (Å²) in [6.07, 6.45) is 6.29. The number of fused-ring (bicyclic) bond motifs is 1.